The van der Waals surface area contributed by atoms with E-state index in [1.165, 1.54) is 17.4 Å². The molecule has 0 aliphatic carbocycles. The average Bonchev–Trinajstić information content (AvgIpc) is 2.83. The predicted molar refractivity (Wildman–Crippen MR) is 76.9 cm³/mol. The van der Waals surface area contributed by atoms with Gasteiger partial charge in [-0.05, 0) is 32.9 Å². The summed E-state index contributed by atoms with van der Waals surface area (Å²) in [5.41, 5.74) is -0.295. The van der Waals surface area contributed by atoms with E-state index in [1.54, 1.807) is 6.07 Å². The van der Waals surface area contributed by atoms with Gasteiger partial charge in [0.05, 0.1) is 12.1 Å². The summed E-state index contributed by atoms with van der Waals surface area (Å²) in [6.07, 6.45) is -4.35. The van der Waals surface area contributed by atoms with E-state index >= 15 is 0 Å². The first-order valence-corrected chi connectivity index (χ1v) is 7.22. The van der Waals surface area contributed by atoms with Crippen molar-refractivity contribution in [3.8, 4) is 10.6 Å². The van der Waals surface area contributed by atoms with Crippen LogP contribution in [0.25, 0.3) is 10.6 Å². The topological polar surface area (TPSA) is 37.8 Å². The molecule has 0 saturated carbocycles. The second kappa shape index (κ2) is 5.73. The molecule has 7 heteroatoms. The second-order valence-corrected chi connectivity index (χ2v) is 6.75. The van der Waals surface area contributed by atoms with Crippen LogP contribution < -0.4 is 5.32 Å². The van der Waals surface area contributed by atoms with Crippen LogP contribution in [0.5, 0.6) is 0 Å². The van der Waals surface area contributed by atoms with Crippen molar-refractivity contribution in [2.24, 2.45) is 0 Å². The van der Waals surface area contributed by atoms with Crippen molar-refractivity contribution in [1.29, 1.82) is 0 Å². The molecule has 2 rings (SSSR count). The normalized spacial score (nSPS) is 12.7. The van der Waals surface area contributed by atoms with Crippen molar-refractivity contribution in [3.63, 3.8) is 0 Å². The summed E-state index contributed by atoms with van der Waals surface area (Å²) in [5, 5.41) is 12.5. The minimum absolute atomic E-state index is 0.0535. The minimum Gasteiger partial charge on any atom is -0.306 e. The van der Waals surface area contributed by atoms with Gasteiger partial charge < -0.3 is 5.32 Å². The average molecular weight is 315 g/mol. The zero-order valence-corrected chi connectivity index (χ0v) is 12.8. The summed E-state index contributed by atoms with van der Waals surface area (Å²) in [4.78, 5) is 0. The highest BCUT2D eigenvalue weighted by Gasteiger charge is 2.30. The Balaban J connectivity index is 2.18. The Bertz CT molecular complexity index is 614. The molecule has 0 atom stereocenters. The number of halogens is 3. The number of hydrogen-bond donors (Lipinski definition) is 1. The van der Waals surface area contributed by atoms with Crippen molar-refractivity contribution in [2.45, 2.75) is 39.0 Å². The molecule has 0 radical (unpaired) electrons. The van der Waals surface area contributed by atoms with Crippen LogP contribution in [0.4, 0.5) is 13.2 Å². The predicted octanol–water partition coefficient (Wildman–Crippen LogP) is 4.11. The molecule has 2 aromatic rings. The van der Waals surface area contributed by atoms with E-state index in [1.807, 2.05) is 20.8 Å². The fraction of sp³-hybridized carbons (Fsp3) is 0.429. The number of nitrogens with one attached hydrogen (secondary N) is 1. The van der Waals surface area contributed by atoms with Crippen LogP contribution in [-0.4, -0.2) is 15.7 Å². The van der Waals surface area contributed by atoms with Crippen LogP contribution in [0.3, 0.4) is 0 Å². The maximum Gasteiger partial charge on any atom is 0.416 e. The highest BCUT2D eigenvalue weighted by Crippen LogP contribution is 2.32. The Morgan fingerprint density at radius 3 is 2.48 bits per heavy atom. The molecule has 21 heavy (non-hydrogen) atoms. The van der Waals surface area contributed by atoms with E-state index in [-0.39, 0.29) is 5.54 Å². The first-order chi connectivity index (χ1) is 9.65. The summed E-state index contributed by atoms with van der Waals surface area (Å²) >= 11 is 1.29. The van der Waals surface area contributed by atoms with Gasteiger partial charge in [-0.2, -0.15) is 13.2 Å². The van der Waals surface area contributed by atoms with Crippen LogP contribution in [0.1, 0.15) is 31.3 Å². The molecule has 1 aromatic heterocycles. The lowest BCUT2D eigenvalue weighted by atomic mass is 10.1. The number of aromatic nitrogens is 2. The van der Waals surface area contributed by atoms with Gasteiger partial charge in [-0.15, -0.1) is 10.2 Å². The third-order valence-electron chi connectivity index (χ3n) is 2.67. The van der Waals surface area contributed by atoms with Crippen molar-refractivity contribution in [2.75, 3.05) is 0 Å². The van der Waals surface area contributed by atoms with Crippen molar-refractivity contribution < 1.29 is 13.2 Å². The highest BCUT2D eigenvalue weighted by molar-refractivity contribution is 7.14. The monoisotopic (exact) mass is 315 g/mol. The molecule has 114 valence electrons. The number of hydrogen-bond acceptors (Lipinski definition) is 4. The van der Waals surface area contributed by atoms with Crippen LogP contribution in [0.15, 0.2) is 24.3 Å². The maximum absolute atomic E-state index is 12.7. The molecule has 1 heterocycles. The molecule has 0 bridgehead atoms. The molecule has 0 amide bonds. The van der Waals surface area contributed by atoms with Gasteiger partial charge >= 0.3 is 6.18 Å². The maximum atomic E-state index is 12.7. The fourth-order valence-corrected chi connectivity index (χ4v) is 2.39. The third kappa shape index (κ3) is 4.50. The lowest BCUT2D eigenvalue weighted by molar-refractivity contribution is -0.137. The van der Waals surface area contributed by atoms with Crippen LogP contribution in [0.2, 0.25) is 0 Å². The largest absolute Gasteiger partial charge is 0.416 e. The standard InChI is InChI=1S/C14H16F3N3S/c1-13(2,3)18-8-11-19-20-12(21-11)9-5-4-6-10(7-9)14(15,16)17/h4-7,18H,8H2,1-3H3. The van der Waals surface area contributed by atoms with E-state index in [0.717, 1.165) is 17.1 Å². The molecule has 0 aliphatic rings. The minimum atomic E-state index is -4.35. The van der Waals surface area contributed by atoms with Gasteiger partial charge in [0.1, 0.15) is 10.0 Å². The van der Waals surface area contributed by atoms with Crippen LogP contribution >= 0.6 is 11.3 Å². The molecular formula is C14H16F3N3S. The Hall–Kier alpha value is -1.47. The van der Waals surface area contributed by atoms with E-state index in [2.05, 4.69) is 15.5 Å². The Morgan fingerprint density at radius 2 is 1.86 bits per heavy atom. The van der Waals surface area contributed by atoms with Crippen LogP contribution in [-0.2, 0) is 12.7 Å². The van der Waals surface area contributed by atoms with Crippen molar-refractivity contribution in [3.05, 3.63) is 34.8 Å². The number of rotatable bonds is 3. The molecule has 0 aliphatic heterocycles. The summed E-state index contributed by atoms with van der Waals surface area (Å²) in [5.74, 6) is 0. The zero-order chi connectivity index (χ0) is 15.7. The quantitative estimate of drug-likeness (QED) is 0.926. The van der Waals surface area contributed by atoms with Gasteiger partial charge in [0, 0.05) is 11.1 Å². The Labute approximate surface area is 125 Å². The number of benzene rings is 1. The zero-order valence-electron chi connectivity index (χ0n) is 12.0. The highest BCUT2D eigenvalue weighted by atomic mass is 32.1. The van der Waals surface area contributed by atoms with E-state index in [0.29, 0.717) is 17.1 Å². The van der Waals surface area contributed by atoms with E-state index < -0.39 is 11.7 Å². The summed E-state index contributed by atoms with van der Waals surface area (Å²) in [7, 11) is 0. The summed E-state index contributed by atoms with van der Waals surface area (Å²) < 4.78 is 38.1. The first kappa shape index (κ1) is 15.9. The van der Waals surface area contributed by atoms with Gasteiger partial charge in [0.25, 0.3) is 0 Å². The summed E-state index contributed by atoms with van der Waals surface area (Å²) in [6, 6.07) is 5.14. The molecule has 1 aromatic carbocycles. The fourth-order valence-electron chi connectivity index (χ4n) is 1.61. The molecule has 0 saturated heterocycles. The van der Waals surface area contributed by atoms with E-state index in [9.17, 15) is 13.2 Å². The lowest BCUT2D eigenvalue weighted by Crippen LogP contribution is -2.35. The smallest absolute Gasteiger partial charge is 0.306 e. The Kier molecular flexibility index (Phi) is 4.34. The molecule has 1 N–H and O–H groups in total. The van der Waals surface area contributed by atoms with Crippen molar-refractivity contribution >= 4 is 11.3 Å². The molecular weight excluding hydrogens is 299 g/mol. The lowest BCUT2D eigenvalue weighted by Gasteiger charge is -2.19. The van der Waals surface area contributed by atoms with E-state index in [4.69, 9.17) is 0 Å². The van der Waals surface area contributed by atoms with Gasteiger partial charge in [-0.25, -0.2) is 0 Å². The number of alkyl halides is 3. The third-order valence-corrected chi connectivity index (χ3v) is 3.65. The molecule has 3 nitrogen and oxygen atoms in total. The van der Waals surface area contributed by atoms with Gasteiger partial charge in [-0.1, -0.05) is 23.5 Å². The SMILES string of the molecule is CC(C)(C)NCc1nnc(-c2cccc(C(F)(F)F)c2)s1. The molecule has 0 unspecified atom stereocenters. The first-order valence-electron chi connectivity index (χ1n) is 6.40. The molecule has 0 fully saturated rings. The summed E-state index contributed by atoms with van der Waals surface area (Å²) in [6.45, 7) is 6.63. The van der Waals surface area contributed by atoms with Gasteiger partial charge in [0.15, 0.2) is 0 Å². The van der Waals surface area contributed by atoms with Gasteiger partial charge in [-0.3, -0.25) is 0 Å². The number of nitrogens with zero attached hydrogens (tertiary/aromatic N) is 2. The van der Waals surface area contributed by atoms with Crippen molar-refractivity contribution in [1.82, 2.24) is 15.5 Å². The second-order valence-electron chi connectivity index (χ2n) is 5.68. The van der Waals surface area contributed by atoms with Crippen LogP contribution in [0, 0.1) is 0 Å². The van der Waals surface area contributed by atoms with Gasteiger partial charge in [0.2, 0.25) is 0 Å². The Morgan fingerprint density at radius 1 is 1.14 bits per heavy atom. The molecule has 0 spiro atoms.